The Kier molecular flexibility index (Phi) is 8.73. The molecule has 0 spiro atoms. The first-order valence-electron chi connectivity index (χ1n) is 6.28. The number of rotatable bonds is 6. The van der Waals surface area contributed by atoms with Gasteiger partial charge in [0.15, 0.2) is 0 Å². The van der Waals surface area contributed by atoms with Crippen molar-refractivity contribution in [2.75, 3.05) is 6.26 Å². The minimum atomic E-state index is -4.37. The third-order valence-corrected chi connectivity index (χ3v) is 2.99. The number of sulfonamides is 1. The summed E-state index contributed by atoms with van der Waals surface area (Å²) in [5.41, 5.74) is 0. The highest BCUT2D eigenvalue weighted by Crippen LogP contribution is 2.22. The Bertz CT molecular complexity index is 505. The molecule has 0 radical (unpaired) electrons. The van der Waals surface area contributed by atoms with Crippen LogP contribution >= 0.6 is 0 Å². The summed E-state index contributed by atoms with van der Waals surface area (Å²) < 4.78 is 58.4. The van der Waals surface area contributed by atoms with Gasteiger partial charge in [-0.2, -0.15) is 13.2 Å². The van der Waals surface area contributed by atoms with Gasteiger partial charge in [0.2, 0.25) is 10.0 Å². The van der Waals surface area contributed by atoms with Crippen molar-refractivity contribution in [1.29, 1.82) is 0 Å². The van der Waals surface area contributed by atoms with Crippen molar-refractivity contribution in [3.05, 3.63) is 36.4 Å². The molecule has 126 valence electrons. The van der Waals surface area contributed by atoms with Crippen molar-refractivity contribution >= 4 is 16.0 Å². The molecule has 0 aliphatic rings. The number of carbonyl (C=O) groups is 1. The quantitative estimate of drug-likeness (QED) is 0.832. The summed E-state index contributed by atoms with van der Waals surface area (Å²) in [7, 11) is -3.75. The lowest BCUT2D eigenvalue weighted by atomic mass is 10.1. The van der Waals surface area contributed by atoms with Gasteiger partial charge in [0.05, 0.1) is 6.26 Å². The number of halogens is 3. The van der Waals surface area contributed by atoms with Gasteiger partial charge < -0.3 is 5.11 Å². The van der Waals surface area contributed by atoms with E-state index >= 15 is 0 Å². The van der Waals surface area contributed by atoms with Crippen LogP contribution < -0.4 is 4.72 Å². The van der Waals surface area contributed by atoms with Crippen molar-refractivity contribution in [2.45, 2.75) is 31.5 Å². The first kappa shape index (κ1) is 20.4. The van der Waals surface area contributed by atoms with Gasteiger partial charge in [-0.05, 0) is 12.8 Å². The molecule has 0 aliphatic carbocycles. The lowest BCUT2D eigenvalue weighted by Gasteiger charge is -2.13. The maximum absolute atomic E-state index is 11.8. The molecule has 0 saturated heterocycles. The van der Waals surface area contributed by atoms with Crippen molar-refractivity contribution in [3.63, 3.8) is 0 Å². The fraction of sp³-hybridized carbons (Fsp3) is 0.462. The van der Waals surface area contributed by atoms with Gasteiger partial charge in [-0.25, -0.2) is 13.1 Å². The lowest BCUT2D eigenvalue weighted by Crippen LogP contribution is -2.40. The molecule has 5 nitrogen and oxygen atoms in total. The molecule has 1 unspecified atom stereocenters. The topological polar surface area (TPSA) is 83.5 Å². The second kappa shape index (κ2) is 9.42. The molecule has 1 rings (SSSR count). The van der Waals surface area contributed by atoms with E-state index in [4.69, 9.17) is 5.11 Å². The first-order valence-corrected chi connectivity index (χ1v) is 8.17. The highest BCUT2D eigenvalue weighted by Gasteiger charge is 2.28. The number of benzene rings is 1. The molecule has 0 amide bonds. The summed E-state index contributed by atoms with van der Waals surface area (Å²) in [5, 5.41) is 8.56. The molecule has 9 heteroatoms. The Morgan fingerprint density at radius 1 is 1.14 bits per heavy atom. The largest absolute Gasteiger partial charge is 0.480 e. The van der Waals surface area contributed by atoms with E-state index in [1.54, 1.807) is 4.72 Å². The van der Waals surface area contributed by atoms with Crippen LogP contribution in [0.3, 0.4) is 0 Å². The maximum atomic E-state index is 11.8. The normalized spacial score (nSPS) is 12.9. The van der Waals surface area contributed by atoms with Crippen LogP contribution in [0.1, 0.15) is 19.3 Å². The van der Waals surface area contributed by atoms with Crippen molar-refractivity contribution in [3.8, 4) is 0 Å². The van der Waals surface area contributed by atoms with Crippen LogP contribution in [0.5, 0.6) is 0 Å². The van der Waals surface area contributed by atoms with E-state index < -0.39 is 47.5 Å². The zero-order chi connectivity index (χ0) is 17.2. The summed E-state index contributed by atoms with van der Waals surface area (Å²) >= 11 is 0. The van der Waals surface area contributed by atoms with E-state index in [-0.39, 0.29) is 0 Å². The van der Waals surface area contributed by atoms with Crippen molar-refractivity contribution in [1.82, 2.24) is 4.72 Å². The molecule has 22 heavy (non-hydrogen) atoms. The van der Waals surface area contributed by atoms with Crippen molar-refractivity contribution < 1.29 is 31.5 Å². The molecule has 0 aliphatic heterocycles. The summed E-state index contributed by atoms with van der Waals surface area (Å²) in [6, 6.07) is 10.5. The van der Waals surface area contributed by atoms with Crippen LogP contribution in [0.2, 0.25) is 0 Å². The summed E-state index contributed by atoms with van der Waals surface area (Å²) in [4.78, 5) is 10.5. The zero-order valence-electron chi connectivity index (χ0n) is 11.9. The number of alkyl halides is 3. The molecule has 1 atom stereocenters. The minimum Gasteiger partial charge on any atom is -0.480 e. The van der Waals surface area contributed by atoms with Gasteiger partial charge in [0, 0.05) is 6.42 Å². The van der Waals surface area contributed by atoms with Crippen LogP contribution in [-0.4, -0.2) is 38.0 Å². The fourth-order valence-corrected chi connectivity index (χ4v) is 2.12. The third kappa shape index (κ3) is 13.4. The summed E-state index contributed by atoms with van der Waals surface area (Å²) in [6.07, 6.45) is -5.60. The predicted octanol–water partition coefficient (Wildman–Crippen LogP) is 2.41. The van der Waals surface area contributed by atoms with E-state index in [1.807, 2.05) is 36.4 Å². The minimum absolute atomic E-state index is 0.401. The summed E-state index contributed by atoms with van der Waals surface area (Å²) in [5.74, 6) is -1.49. The molecular formula is C13H18F3NO4S. The summed E-state index contributed by atoms with van der Waals surface area (Å²) in [6.45, 7) is 0. The van der Waals surface area contributed by atoms with Gasteiger partial charge in [0.1, 0.15) is 6.04 Å². The van der Waals surface area contributed by atoms with E-state index in [9.17, 15) is 26.4 Å². The Morgan fingerprint density at radius 2 is 1.55 bits per heavy atom. The van der Waals surface area contributed by atoms with E-state index in [0.29, 0.717) is 0 Å². The molecule has 0 aromatic heterocycles. The van der Waals surface area contributed by atoms with Crippen LogP contribution in [-0.2, 0) is 14.8 Å². The molecule has 0 heterocycles. The Labute approximate surface area is 127 Å². The average Bonchev–Trinajstić information content (AvgIpc) is 2.37. The fourth-order valence-electron chi connectivity index (χ4n) is 1.38. The number of nitrogens with one attached hydrogen (secondary N) is 1. The Morgan fingerprint density at radius 3 is 1.82 bits per heavy atom. The molecular weight excluding hydrogens is 323 g/mol. The van der Waals surface area contributed by atoms with Gasteiger partial charge in [-0.3, -0.25) is 4.79 Å². The zero-order valence-corrected chi connectivity index (χ0v) is 12.7. The number of hydrogen-bond donors (Lipinski definition) is 2. The average molecular weight is 341 g/mol. The Hall–Kier alpha value is -1.61. The highest BCUT2D eigenvalue weighted by atomic mass is 32.2. The third-order valence-electron chi connectivity index (χ3n) is 2.27. The monoisotopic (exact) mass is 341 g/mol. The highest BCUT2D eigenvalue weighted by molar-refractivity contribution is 7.88. The Balaban J connectivity index is 0.000000604. The van der Waals surface area contributed by atoms with Gasteiger partial charge in [0.25, 0.3) is 0 Å². The number of aliphatic carboxylic acids is 1. The van der Waals surface area contributed by atoms with Gasteiger partial charge >= 0.3 is 12.1 Å². The molecule has 2 N–H and O–H groups in total. The van der Waals surface area contributed by atoms with Crippen LogP contribution in [0.4, 0.5) is 13.2 Å². The second-order valence-corrected chi connectivity index (χ2v) is 6.22. The number of carboxylic acid groups (broad SMARTS) is 1. The van der Waals surface area contributed by atoms with E-state index in [0.717, 1.165) is 6.26 Å². The van der Waals surface area contributed by atoms with E-state index in [1.165, 1.54) is 0 Å². The molecule has 0 saturated carbocycles. The molecule has 1 aromatic carbocycles. The molecule has 1 aromatic rings. The van der Waals surface area contributed by atoms with Crippen molar-refractivity contribution in [2.24, 2.45) is 0 Å². The first-order chi connectivity index (χ1) is 10.0. The predicted molar refractivity (Wildman–Crippen MR) is 75.8 cm³/mol. The lowest BCUT2D eigenvalue weighted by molar-refractivity contribution is -0.142. The van der Waals surface area contributed by atoms with Crippen LogP contribution in [0.25, 0.3) is 0 Å². The smallest absolute Gasteiger partial charge is 0.389 e. The standard InChI is InChI=1S/C7H12F3NO4S.C6H6/c1-16(14,15)11-5(6(12)13)3-2-4-7(8,9)10;1-2-4-6-5-3-1/h5,11H,2-4H2,1H3,(H,12,13);1-6H. The van der Waals surface area contributed by atoms with E-state index in [2.05, 4.69) is 0 Å². The molecule has 0 fully saturated rings. The number of carboxylic acids is 1. The maximum Gasteiger partial charge on any atom is 0.389 e. The SMILES string of the molecule is CS(=O)(=O)NC(CCCC(F)(F)F)C(=O)O.c1ccccc1. The van der Waals surface area contributed by atoms with Gasteiger partial charge in [-0.15, -0.1) is 0 Å². The van der Waals surface area contributed by atoms with Crippen LogP contribution in [0.15, 0.2) is 36.4 Å². The second-order valence-electron chi connectivity index (χ2n) is 4.44. The molecule has 0 bridgehead atoms. The van der Waals surface area contributed by atoms with Gasteiger partial charge in [-0.1, -0.05) is 36.4 Å². The number of hydrogen-bond acceptors (Lipinski definition) is 3. The van der Waals surface area contributed by atoms with Crippen LogP contribution in [0, 0.1) is 0 Å².